The Balaban J connectivity index is 1.15. The molecular formula is C35H34N4O6S. The zero-order chi connectivity index (χ0) is 32.6. The van der Waals surface area contributed by atoms with Gasteiger partial charge in [-0.05, 0) is 65.4 Å². The number of para-hydroxylation sites is 1. The summed E-state index contributed by atoms with van der Waals surface area (Å²) in [6.07, 6.45) is 1.95. The highest BCUT2D eigenvalue weighted by Gasteiger charge is 2.29. The molecule has 0 aliphatic heterocycles. The van der Waals surface area contributed by atoms with Crippen molar-refractivity contribution in [1.82, 2.24) is 20.3 Å². The average Bonchev–Trinajstić information content (AvgIpc) is 3.45. The highest BCUT2D eigenvalue weighted by molar-refractivity contribution is 7.89. The summed E-state index contributed by atoms with van der Waals surface area (Å²) in [7, 11) is -4.14. The number of nitrogens with one attached hydrogen (secondary N) is 4. The first-order chi connectivity index (χ1) is 22.1. The van der Waals surface area contributed by atoms with Gasteiger partial charge in [0.25, 0.3) is 0 Å². The van der Waals surface area contributed by atoms with Crippen molar-refractivity contribution in [3.05, 3.63) is 90.6 Å². The quantitative estimate of drug-likeness (QED) is 0.121. The van der Waals surface area contributed by atoms with Crippen LogP contribution in [0.5, 0.6) is 0 Å². The number of ether oxygens (including phenoxy) is 1. The molecule has 46 heavy (non-hydrogen) atoms. The number of H-pyrrole nitrogens is 1. The van der Waals surface area contributed by atoms with E-state index in [9.17, 15) is 22.8 Å². The van der Waals surface area contributed by atoms with Gasteiger partial charge in [-0.3, -0.25) is 9.59 Å². The molecule has 1 heterocycles. The molecule has 6 aromatic rings. The van der Waals surface area contributed by atoms with Crippen LogP contribution in [0.1, 0.15) is 26.3 Å². The fraction of sp³-hybridized carbons (Fsp3) is 0.229. The van der Waals surface area contributed by atoms with Crippen molar-refractivity contribution in [2.75, 3.05) is 6.61 Å². The van der Waals surface area contributed by atoms with Crippen molar-refractivity contribution in [2.45, 2.75) is 50.2 Å². The third kappa shape index (κ3) is 5.86. The Bertz CT molecular complexity index is 2190. The topological polar surface area (TPSA) is 146 Å². The van der Waals surface area contributed by atoms with Crippen LogP contribution in [0.4, 0.5) is 0 Å². The summed E-state index contributed by atoms with van der Waals surface area (Å²) >= 11 is 0. The van der Waals surface area contributed by atoms with Crippen molar-refractivity contribution in [1.29, 1.82) is 0 Å². The lowest BCUT2D eigenvalue weighted by atomic mass is 9.94. The van der Waals surface area contributed by atoms with E-state index in [1.54, 1.807) is 25.3 Å². The molecule has 0 aliphatic rings. The summed E-state index contributed by atoms with van der Waals surface area (Å²) in [5, 5.41) is 11.4. The summed E-state index contributed by atoms with van der Waals surface area (Å²) in [5.74, 6) is -1.92. The Kier molecular flexibility index (Phi) is 8.37. The first-order valence-corrected chi connectivity index (χ1v) is 16.6. The summed E-state index contributed by atoms with van der Waals surface area (Å²) in [4.78, 5) is 42.3. The zero-order valence-electron chi connectivity index (χ0n) is 25.6. The molecule has 1 aromatic heterocycles. The average molecular weight is 639 g/mol. The fourth-order valence-electron chi connectivity index (χ4n) is 5.95. The van der Waals surface area contributed by atoms with E-state index < -0.39 is 45.9 Å². The van der Waals surface area contributed by atoms with Gasteiger partial charge in [-0.25, -0.2) is 13.2 Å². The van der Waals surface area contributed by atoms with Gasteiger partial charge in [-0.15, -0.1) is 0 Å². The van der Waals surface area contributed by atoms with E-state index >= 15 is 0 Å². The molecule has 0 radical (unpaired) electrons. The predicted octanol–water partition coefficient (Wildman–Crippen LogP) is 4.53. The van der Waals surface area contributed by atoms with Gasteiger partial charge in [-0.1, -0.05) is 66.7 Å². The van der Waals surface area contributed by atoms with Gasteiger partial charge in [-0.2, -0.15) is 4.72 Å². The van der Waals surface area contributed by atoms with Crippen molar-refractivity contribution in [3.63, 3.8) is 0 Å². The number of benzene rings is 5. The molecule has 2 amide bonds. The molecule has 236 valence electrons. The Hall–Kier alpha value is -5.00. The van der Waals surface area contributed by atoms with E-state index in [0.29, 0.717) is 5.39 Å². The Morgan fingerprint density at radius 2 is 1.41 bits per heavy atom. The predicted molar refractivity (Wildman–Crippen MR) is 178 cm³/mol. The van der Waals surface area contributed by atoms with Gasteiger partial charge in [0.2, 0.25) is 21.8 Å². The molecule has 4 N–H and O–H groups in total. The normalized spacial score (nSPS) is 14.0. The number of hydrogen-bond donors (Lipinski definition) is 4. The number of carbonyl (C=O) groups excluding carboxylic acids is 3. The molecule has 0 fully saturated rings. The summed E-state index contributed by atoms with van der Waals surface area (Å²) in [5.41, 5.74) is 1.71. The van der Waals surface area contributed by atoms with Crippen molar-refractivity contribution < 1.29 is 27.5 Å². The number of amides is 2. The van der Waals surface area contributed by atoms with Crippen molar-refractivity contribution in [2.24, 2.45) is 0 Å². The Morgan fingerprint density at radius 3 is 2.15 bits per heavy atom. The van der Waals surface area contributed by atoms with Gasteiger partial charge < -0.3 is 20.4 Å². The van der Waals surface area contributed by atoms with Gasteiger partial charge in [0.1, 0.15) is 12.1 Å². The molecule has 6 rings (SSSR count). The molecule has 0 saturated carbocycles. The minimum Gasteiger partial charge on any atom is -0.464 e. The number of fused-ring (bicyclic) bond motifs is 1. The van der Waals surface area contributed by atoms with Crippen LogP contribution < -0.4 is 15.4 Å². The van der Waals surface area contributed by atoms with Crippen molar-refractivity contribution in [3.8, 4) is 0 Å². The molecule has 10 nitrogen and oxygen atoms in total. The summed E-state index contributed by atoms with van der Waals surface area (Å²) < 4.78 is 34.9. The largest absolute Gasteiger partial charge is 0.464 e. The van der Waals surface area contributed by atoms with Crippen LogP contribution in [-0.4, -0.2) is 55.9 Å². The highest BCUT2D eigenvalue weighted by atomic mass is 32.2. The van der Waals surface area contributed by atoms with Crippen LogP contribution in [0.25, 0.3) is 43.2 Å². The first kappa shape index (κ1) is 31.0. The van der Waals surface area contributed by atoms with Crippen LogP contribution in [0, 0.1) is 0 Å². The Labute approximate surface area is 265 Å². The molecule has 0 aliphatic carbocycles. The number of esters is 1. The number of sulfonamides is 1. The minimum atomic E-state index is -4.14. The molecule has 5 aromatic carbocycles. The molecule has 0 spiro atoms. The lowest BCUT2D eigenvalue weighted by molar-refractivity contribution is -0.147. The third-order valence-corrected chi connectivity index (χ3v) is 9.84. The monoisotopic (exact) mass is 638 g/mol. The van der Waals surface area contributed by atoms with Crippen LogP contribution in [-0.2, 0) is 35.6 Å². The number of carbonyl (C=O) groups is 3. The second kappa shape index (κ2) is 12.4. The number of aromatic nitrogens is 1. The number of hydrogen-bond acceptors (Lipinski definition) is 6. The number of rotatable bonds is 11. The zero-order valence-corrected chi connectivity index (χ0v) is 26.4. The van der Waals surface area contributed by atoms with Crippen LogP contribution >= 0.6 is 0 Å². The standard InChI is InChI=1S/C35H34N4O6S/c1-4-45-35(42)29(18-25-19-36-28-11-6-5-10-26(25)28)38-33(40)20(2)37-34(41)21(3)39-46(43,44)30-17-15-24-13-12-22-8-7-9-23-14-16-27(30)32(24)31(22)23/h5-17,19-21,29,36,39H,4,18H2,1-3H3,(H,37,41)(H,38,40)/t20-,21-,29-/m0/s1. The molecule has 0 saturated heterocycles. The smallest absolute Gasteiger partial charge is 0.328 e. The first-order valence-electron chi connectivity index (χ1n) is 15.1. The van der Waals surface area contributed by atoms with Crippen LogP contribution in [0.2, 0.25) is 0 Å². The van der Waals surface area contributed by atoms with E-state index in [0.717, 1.165) is 43.4 Å². The minimum absolute atomic E-state index is 0.0539. The molecule has 0 unspecified atom stereocenters. The van der Waals surface area contributed by atoms with Gasteiger partial charge in [0.05, 0.1) is 17.5 Å². The summed E-state index contributed by atoms with van der Waals surface area (Å²) in [6.45, 7) is 4.68. The van der Waals surface area contributed by atoms with E-state index in [2.05, 4.69) is 20.3 Å². The fourth-order valence-corrected chi connectivity index (χ4v) is 7.36. The lowest BCUT2D eigenvalue weighted by Crippen LogP contribution is -2.54. The molecule has 3 atom stereocenters. The maximum atomic E-state index is 13.6. The Morgan fingerprint density at radius 1 is 0.761 bits per heavy atom. The van der Waals surface area contributed by atoms with E-state index in [-0.39, 0.29) is 17.9 Å². The second-order valence-electron chi connectivity index (χ2n) is 11.4. The molecule has 0 bridgehead atoms. The summed E-state index contributed by atoms with van der Waals surface area (Å²) in [6, 6.07) is 21.2. The van der Waals surface area contributed by atoms with E-state index in [1.807, 2.05) is 60.7 Å². The molecule has 11 heteroatoms. The van der Waals surface area contributed by atoms with E-state index in [1.165, 1.54) is 19.9 Å². The second-order valence-corrected chi connectivity index (χ2v) is 13.1. The maximum absolute atomic E-state index is 13.6. The molecular weight excluding hydrogens is 604 g/mol. The highest BCUT2D eigenvalue weighted by Crippen LogP contribution is 2.37. The van der Waals surface area contributed by atoms with Gasteiger partial charge >= 0.3 is 5.97 Å². The van der Waals surface area contributed by atoms with Crippen molar-refractivity contribution >= 4 is 71.0 Å². The van der Waals surface area contributed by atoms with Gasteiger partial charge in [0, 0.05) is 28.9 Å². The third-order valence-electron chi connectivity index (χ3n) is 8.24. The van der Waals surface area contributed by atoms with E-state index in [4.69, 9.17) is 4.74 Å². The maximum Gasteiger partial charge on any atom is 0.328 e. The van der Waals surface area contributed by atoms with Crippen LogP contribution in [0.15, 0.2) is 90.0 Å². The SMILES string of the molecule is CCOC(=O)[C@H](Cc1c[nH]c2ccccc12)NC(=O)[C@H](C)NC(=O)[C@H](C)NS(=O)(=O)c1ccc2ccc3cccc4ccc1c2c34. The lowest BCUT2D eigenvalue weighted by Gasteiger charge is -2.22. The number of aromatic amines is 1. The van der Waals surface area contributed by atoms with Crippen LogP contribution in [0.3, 0.4) is 0 Å². The van der Waals surface area contributed by atoms with Gasteiger partial charge in [0.15, 0.2) is 0 Å².